The molecule has 0 saturated heterocycles. The van der Waals surface area contributed by atoms with Crippen molar-refractivity contribution in [1.29, 1.82) is 0 Å². The van der Waals surface area contributed by atoms with Gasteiger partial charge in [-0.15, -0.1) is 0 Å². The van der Waals surface area contributed by atoms with Crippen LogP contribution < -0.4 is 0 Å². The summed E-state index contributed by atoms with van der Waals surface area (Å²) in [6, 6.07) is 5.87. The fraction of sp³-hybridized carbons (Fsp3) is 0.222. The molecule has 1 nitrogen and oxygen atoms in total. The van der Waals surface area contributed by atoms with Gasteiger partial charge in [-0.05, 0) is 17.7 Å². The van der Waals surface area contributed by atoms with Crippen LogP contribution in [0.4, 0.5) is 0 Å². The highest BCUT2D eigenvalue weighted by Crippen LogP contribution is 2.35. The summed E-state index contributed by atoms with van der Waals surface area (Å²) in [5.74, 6) is 0.388. The van der Waals surface area contributed by atoms with Crippen molar-refractivity contribution in [3.8, 4) is 0 Å². The number of ketones is 1. The third kappa shape index (κ3) is 0.857. The molecule has 1 aromatic carbocycles. The van der Waals surface area contributed by atoms with Crippen LogP contribution in [0.5, 0.6) is 0 Å². The van der Waals surface area contributed by atoms with Gasteiger partial charge in [0.25, 0.3) is 0 Å². The Bertz CT molecular complexity index is 330. The molecule has 0 heterocycles. The summed E-state index contributed by atoms with van der Waals surface area (Å²) in [4.78, 5) is 11.2. The number of fused-ring (bicyclic) bond motifs is 1. The van der Waals surface area contributed by atoms with Crippen LogP contribution >= 0.6 is 15.9 Å². The van der Waals surface area contributed by atoms with E-state index in [1.54, 1.807) is 0 Å². The highest BCUT2D eigenvalue weighted by atomic mass is 79.9. The van der Waals surface area contributed by atoms with Crippen molar-refractivity contribution in [2.24, 2.45) is 0 Å². The molecule has 11 heavy (non-hydrogen) atoms. The molecule has 1 atom stereocenters. The lowest BCUT2D eigenvalue weighted by Gasteiger charge is -2.24. The first-order chi connectivity index (χ1) is 5.20. The molecule has 0 saturated carbocycles. The molecule has 0 aliphatic heterocycles. The van der Waals surface area contributed by atoms with Gasteiger partial charge < -0.3 is 0 Å². The van der Waals surface area contributed by atoms with E-state index in [1.165, 1.54) is 5.56 Å². The van der Waals surface area contributed by atoms with Crippen molar-refractivity contribution < 1.29 is 4.79 Å². The number of rotatable bonds is 0. The van der Waals surface area contributed by atoms with Crippen molar-refractivity contribution in [3.63, 3.8) is 0 Å². The zero-order chi connectivity index (χ0) is 8.01. The van der Waals surface area contributed by atoms with Crippen LogP contribution in [0.2, 0.25) is 0 Å². The van der Waals surface area contributed by atoms with Crippen molar-refractivity contribution in [2.75, 3.05) is 0 Å². The Kier molecular flexibility index (Phi) is 1.39. The number of benzene rings is 1. The highest BCUT2D eigenvalue weighted by molar-refractivity contribution is 9.10. The quantitative estimate of drug-likeness (QED) is 0.644. The molecule has 1 aliphatic carbocycles. The van der Waals surface area contributed by atoms with E-state index in [9.17, 15) is 4.79 Å². The van der Waals surface area contributed by atoms with E-state index in [0.717, 1.165) is 10.0 Å². The zero-order valence-electron chi connectivity index (χ0n) is 6.10. The first-order valence-electron chi connectivity index (χ1n) is 3.54. The fourth-order valence-electron chi connectivity index (χ4n) is 1.42. The first kappa shape index (κ1) is 7.04. The molecule has 1 aromatic rings. The summed E-state index contributed by atoms with van der Waals surface area (Å²) in [5, 5.41) is 0. The average molecular weight is 211 g/mol. The van der Waals surface area contributed by atoms with Crippen molar-refractivity contribution in [3.05, 3.63) is 33.8 Å². The number of Topliss-reactive ketones (excluding diaryl/α,β-unsaturated/α-hetero) is 1. The Hall–Kier alpha value is -0.630. The number of carbonyl (C=O) groups is 1. The van der Waals surface area contributed by atoms with Gasteiger partial charge in [-0.1, -0.05) is 28.9 Å². The standard InChI is InChI=1S/C9H7BrO/c1-5-7-3-2-6(10)4-8(7)9(5)11/h2-5H,1H3. The molecular formula is C9H7BrO. The molecule has 0 fully saturated rings. The van der Waals surface area contributed by atoms with Crippen LogP contribution in [0.3, 0.4) is 0 Å². The average Bonchev–Trinajstić information content (AvgIpc) is 2.03. The number of halogens is 1. The monoisotopic (exact) mass is 210 g/mol. The Morgan fingerprint density at radius 2 is 2.18 bits per heavy atom. The maximum absolute atomic E-state index is 11.2. The summed E-state index contributed by atoms with van der Waals surface area (Å²) in [6.45, 7) is 1.94. The van der Waals surface area contributed by atoms with E-state index in [-0.39, 0.29) is 11.7 Å². The Balaban J connectivity index is 2.59. The van der Waals surface area contributed by atoms with Gasteiger partial charge in [-0.25, -0.2) is 0 Å². The number of hydrogen-bond acceptors (Lipinski definition) is 1. The Morgan fingerprint density at radius 3 is 2.91 bits per heavy atom. The van der Waals surface area contributed by atoms with Gasteiger partial charge in [0.1, 0.15) is 0 Å². The molecule has 2 heteroatoms. The van der Waals surface area contributed by atoms with Crippen LogP contribution in [0.25, 0.3) is 0 Å². The van der Waals surface area contributed by atoms with Crippen LogP contribution in [-0.2, 0) is 0 Å². The molecular weight excluding hydrogens is 204 g/mol. The van der Waals surface area contributed by atoms with Gasteiger partial charge in [0.15, 0.2) is 5.78 Å². The second-order valence-electron chi connectivity index (χ2n) is 2.82. The molecule has 0 amide bonds. The second kappa shape index (κ2) is 2.18. The van der Waals surface area contributed by atoms with Gasteiger partial charge >= 0.3 is 0 Å². The third-order valence-electron chi connectivity index (χ3n) is 2.14. The lowest BCUT2D eigenvalue weighted by molar-refractivity contribution is 0.0935. The number of hydrogen-bond donors (Lipinski definition) is 0. The van der Waals surface area contributed by atoms with Gasteiger partial charge in [-0.3, -0.25) is 4.79 Å². The second-order valence-corrected chi connectivity index (χ2v) is 3.73. The van der Waals surface area contributed by atoms with E-state index >= 15 is 0 Å². The first-order valence-corrected chi connectivity index (χ1v) is 4.33. The maximum Gasteiger partial charge on any atom is 0.170 e. The minimum absolute atomic E-state index is 0.123. The Morgan fingerprint density at radius 1 is 1.45 bits per heavy atom. The predicted octanol–water partition coefficient (Wildman–Crippen LogP) is 2.75. The SMILES string of the molecule is CC1C(=O)c2cc(Br)ccc21. The molecule has 56 valence electrons. The predicted molar refractivity (Wildman–Crippen MR) is 46.9 cm³/mol. The summed E-state index contributed by atoms with van der Waals surface area (Å²) in [6.07, 6.45) is 0. The molecule has 2 rings (SSSR count). The van der Waals surface area contributed by atoms with Gasteiger partial charge in [0, 0.05) is 16.0 Å². The van der Waals surface area contributed by atoms with E-state index in [1.807, 2.05) is 25.1 Å². The van der Waals surface area contributed by atoms with Gasteiger partial charge in [0.05, 0.1) is 0 Å². The molecule has 1 aliphatic rings. The Labute approximate surface area is 73.5 Å². The molecule has 0 N–H and O–H groups in total. The minimum Gasteiger partial charge on any atom is -0.293 e. The molecule has 0 bridgehead atoms. The van der Waals surface area contributed by atoms with Gasteiger partial charge in [-0.2, -0.15) is 0 Å². The lowest BCUT2D eigenvalue weighted by atomic mass is 9.78. The molecule has 0 spiro atoms. The van der Waals surface area contributed by atoms with Crippen LogP contribution in [0.1, 0.15) is 28.8 Å². The maximum atomic E-state index is 11.2. The highest BCUT2D eigenvalue weighted by Gasteiger charge is 2.31. The molecule has 0 aromatic heterocycles. The van der Waals surface area contributed by atoms with Crippen LogP contribution in [-0.4, -0.2) is 5.78 Å². The summed E-state index contributed by atoms with van der Waals surface area (Å²) in [5.41, 5.74) is 2.06. The van der Waals surface area contributed by atoms with E-state index < -0.39 is 0 Å². The van der Waals surface area contributed by atoms with Crippen molar-refractivity contribution >= 4 is 21.7 Å². The smallest absolute Gasteiger partial charge is 0.170 e. The van der Waals surface area contributed by atoms with E-state index in [2.05, 4.69) is 15.9 Å². The number of carbonyl (C=O) groups excluding carboxylic acids is 1. The molecule has 0 radical (unpaired) electrons. The largest absolute Gasteiger partial charge is 0.293 e. The van der Waals surface area contributed by atoms with Gasteiger partial charge in [0.2, 0.25) is 0 Å². The van der Waals surface area contributed by atoms with E-state index in [0.29, 0.717) is 0 Å². The van der Waals surface area contributed by atoms with Crippen molar-refractivity contribution in [2.45, 2.75) is 12.8 Å². The normalized spacial score (nSPS) is 20.9. The fourth-order valence-corrected chi connectivity index (χ4v) is 1.78. The van der Waals surface area contributed by atoms with Crippen molar-refractivity contribution in [1.82, 2.24) is 0 Å². The molecule has 1 unspecified atom stereocenters. The lowest BCUT2D eigenvalue weighted by Crippen LogP contribution is -2.23. The zero-order valence-corrected chi connectivity index (χ0v) is 7.68. The summed E-state index contributed by atoms with van der Waals surface area (Å²) in [7, 11) is 0. The minimum atomic E-state index is 0.123. The summed E-state index contributed by atoms with van der Waals surface area (Å²) < 4.78 is 0.983. The van der Waals surface area contributed by atoms with Crippen LogP contribution in [0.15, 0.2) is 22.7 Å². The van der Waals surface area contributed by atoms with E-state index in [4.69, 9.17) is 0 Å². The third-order valence-corrected chi connectivity index (χ3v) is 2.63. The summed E-state index contributed by atoms with van der Waals surface area (Å²) >= 11 is 3.33. The van der Waals surface area contributed by atoms with Crippen LogP contribution in [0, 0.1) is 0 Å². The topological polar surface area (TPSA) is 17.1 Å².